The zero-order valence-corrected chi connectivity index (χ0v) is 14.6. The van der Waals surface area contributed by atoms with Crippen LogP contribution in [0.2, 0.25) is 5.02 Å². The Morgan fingerprint density at radius 1 is 0.957 bits per heavy atom. The summed E-state index contributed by atoms with van der Waals surface area (Å²) >= 11 is 6.02. The van der Waals surface area contributed by atoms with Crippen molar-refractivity contribution in [2.75, 3.05) is 0 Å². The Hall–Kier alpha value is -1.73. The zero-order valence-electron chi connectivity index (χ0n) is 13.9. The quantitative estimate of drug-likeness (QED) is 0.437. The number of rotatable bonds is 6. The summed E-state index contributed by atoms with van der Waals surface area (Å²) in [5.41, 5.74) is 6.09. The third-order valence-electron chi connectivity index (χ3n) is 4.52. The van der Waals surface area contributed by atoms with E-state index in [2.05, 4.69) is 38.1 Å². The van der Waals surface area contributed by atoms with Crippen molar-refractivity contribution >= 4 is 22.6 Å². The highest BCUT2D eigenvalue weighted by Gasteiger charge is 2.14. The van der Waals surface area contributed by atoms with E-state index >= 15 is 0 Å². The first-order valence-corrected chi connectivity index (χ1v) is 8.84. The number of furan rings is 1. The molecule has 1 nitrogen and oxygen atoms in total. The Balaban J connectivity index is 2.02. The van der Waals surface area contributed by atoms with Gasteiger partial charge in [-0.2, -0.15) is 0 Å². The summed E-state index contributed by atoms with van der Waals surface area (Å²) in [6.45, 7) is 4.45. The van der Waals surface area contributed by atoms with Crippen LogP contribution in [0, 0.1) is 6.92 Å². The van der Waals surface area contributed by atoms with E-state index in [0.29, 0.717) is 0 Å². The lowest BCUT2D eigenvalue weighted by atomic mass is 9.94. The molecule has 0 aliphatic rings. The van der Waals surface area contributed by atoms with E-state index in [1.165, 1.54) is 47.8 Å². The Labute approximate surface area is 143 Å². The maximum atomic E-state index is 6.02. The summed E-state index contributed by atoms with van der Waals surface area (Å²) in [5.74, 6) is 0. The largest absolute Gasteiger partial charge is 0.464 e. The molecule has 3 aromatic rings. The van der Waals surface area contributed by atoms with Gasteiger partial charge in [-0.05, 0) is 54.7 Å². The summed E-state index contributed by atoms with van der Waals surface area (Å²) in [7, 11) is 0. The third-order valence-corrected chi connectivity index (χ3v) is 4.77. The summed E-state index contributed by atoms with van der Waals surface area (Å²) in [6, 6.07) is 12.3. The van der Waals surface area contributed by atoms with Crippen molar-refractivity contribution < 1.29 is 4.42 Å². The van der Waals surface area contributed by atoms with Gasteiger partial charge in [-0.3, -0.25) is 0 Å². The van der Waals surface area contributed by atoms with E-state index < -0.39 is 0 Å². The van der Waals surface area contributed by atoms with Gasteiger partial charge in [0.25, 0.3) is 0 Å². The molecule has 3 rings (SSSR count). The SMILES string of the molecule is CCCCCCc1c(C)ccc2occ(-c3ccc(Cl)cc3)c12. The van der Waals surface area contributed by atoms with E-state index in [4.69, 9.17) is 16.0 Å². The van der Waals surface area contributed by atoms with Crippen LogP contribution in [-0.2, 0) is 6.42 Å². The number of halogens is 1. The number of hydrogen-bond acceptors (Lipinski definition) is 1. The standard InChI is InChI=1S/C21H23ClO/c1-3-4-5-6-7-18-15(2)8-13-20-21(18)19(14-23-20)16-9-11-17(22)12-10-16/h8-14H,3-7H2,1-2H3. The fourth-order valence-corrected chi connectivity index (χ4v) is 3.32. The van der Waals surface area contributed by atoms with Crippen LogP contribution in [0.25, 0.3) is 22.1 Å². The molecule has 0 saturated heterocycles. The molecule has 0 fully saturated rings. The molecule has 0 aliphatic carbocycles. The van der Waals surface area contributed by atoms with Crippen LogP contribution in [0.3, 0.4) is 0 Å². The van der Waals surface area contributed by atoms with Crippen molar-refractivity contribution in [3.8, 4) is 11.1 Å². The first kappa shape index (κ1) is 16.1. The monoisotopic (exact) mass is 326 g/mol. The molecule has 1 aromatic heterocycles. The zero-order chi connectivity index (χ0) is 16.2. The molecular weight excluding hydrogens is 304 g/mol. The molecule has 0 aliphatic heterocycles. The summed E-state index contributed by atoms with van der Waals surface area (Å²) in [6.07, 6.45) is 8.10. The molecule has 0 unspecified atom stereocenters. The Kier molecular flexibility index (Phi) is 5.07. The second kappa shape index (κ2) is 7.23. The maximum Gasteiger partial charge on any atom is 0.134 e. The first-order chi connectivity index (χ1) is 11.2. The second-order valence-electron chi connectivity index (χ2n) is 6.20. The lowest BCUT2D eigenvalue weighted by Crippen LogP contribution is -1.92. The van der Waals surface area contributed by atoms with Gasteiger partial charge in [-0.25, -0.2) is 0 Å². The minimum absolute atomic E-state index is 0.762. The van der Waals surface area contributed by atoms with Gasteiger partial charge in [-0.1, -0.05) is 56.0 Å². The lowest BCUT2D eigenvalue weighted by molar-refractivity contribution is 0.616. The Bertz CT molecular complexity index is 783. The highest BCUT2D eigenvalue weighted by Crippen LogP contribution is 2.35. The lowest BCUT2D eigenvalue weighted by Gasteiger charge is -2.09. The number of hydrogen-bond donors (Lipinski definition) is 0. The average molecular weight is 327 g/mol. The van der Waals surface area contributed by atoms with E-state index in [0.717, 1.165) is 22.6 Å². The molecule has 120 valence electrons. The fourth-order valence-electron chi connectivity index (χ4n) is 3.20. The van der Waals surface area contributed by atoms with Crippen molar-refractivity contribution in [3.05, 3.63) is 58.8 Å². The highest BCUT2D eigenvalue weighted by molar-refractivity contribution is 6.30. The van der Waals surface area contributed by atoms with Crippen LogP contribution in [0.1, 0.15) is 43.7 Å². The molecule has 0 spiro atoms. The van der Waals surface area contributed by atoms with E-state index in [1.807, 2.05) is 18.4 Å². The van der Waals surface area contributed by atoms with Crippen molar-refractivity contribution in [2.24, 2.45) is 0 Å². The molecule has 2 heteroatoms. The Morgan fingerprint density at radius 2 is 1.74 bits per heavy atom. The second-order valence-corrected chi connectivity index (χ2v) is 6.64. The van der Waals surface area contributed by atoms with Crippen LogP contribution >= 0.6 is 11.6 Å². The molecule has 0 N–H and O–H groups in total. The summed E-state index contributed by atoms with van der Waals surface area (Å²) < 4.78 is 5.82. The molecule has 0 radical (unpaired) electrons. The molecular formula is C21H23ClO. The van der Waals surface area contributed by atoms with Gasteiger partial charge < -0.3 is 4.42 Å². The van der Waals surface area contributed by atoms with Crippen molar-refractivity contribution in [1.29, 1.82) is 0 Å². The molecule has 23 heavy (non-hydrogen) atoms. The third kappa shape index (κ3) is 3.45. The normalized spacial score (nSPS) is 11.3. The van der Waals surface area contributed by atoms with Gasteiger partial charge in [0.15, 0.2) is 0 Å². The van der Waals surface area contributed by atoms with Gasteiger partial charge in [-0.15, -0.1) is 0 Å². The number of fused-ring (bicyclic) bond motifs is 1. The van der Waals surface area contributed by atoms with Gasteiger partial charge in [0.1, 0.15) is 5.58 Å². The topological polar surface area (TPSA) is 13.1 Å². The van der Waals surface area contributed by atoms with Crippen LogP contribution in [0.5, 0.6) is 0 Å². The van der Waals surface area contributed by atoms with Crippen LogP contribution < -0.4 is 0 Å². The number of aryl methyl sites for hydroxylation is 2. The minimum Gasteiger partial charge on any atom is -0.464 e. The van der Waals surface area contributed by atoms with Crippen LogP contribution in [0.15, 0.2) is 47.1 Å². The van der Waals surface area contributed by atoms with Gasteiger partial charge in [0, 0.05) is 16.0 Å². The van der Waals surface area contributed by atoms with Crippen LogP contribution in [0.4, 0.5) is 0 Å². The summed E-state index contributed by atoms with van der Waals surface area (Å²) in [5, 5.41) is 2.03. The fraction of sp³-hybridized carbons (Fsp3) is 0.333. The first-order valence-electron chi connectivity index (χ1n) is 8.46. The molecule has 2 aromatic carbocycles. The van der Waals surface area contributed by atoms with Crippen molar-refractivity contribution in [1.82, 2.24) is 0 Å². The van der Waals surface area contributed by atoms with Crippen molar-refractivity contribution in [3.63, 3.8) is 0 Å². The van der Waals surface area contributed by atoms with Crippen LogP contribution in [-0.4, -0.2) is 0 Å². The van der Waals surface area contributed by atoms with Gasteiger partial charge >= 0.3 is 0 Å². The average Bonchev–Trinajstić information content (AvgIpc) is 2.98. The number of benzene rings is 2. The molecule has 0 bridgehead atoms. The predicted octanol–water partition coefficient (Wildman–Crippen LogP) is 7.18. The van der Waals surface area contributed by atoms with E-state index in [9.17, 15) is 0 Å². The molecule has 0 amide bonds. The number of unbranched alkanes of at least 4 members (excludes halogenated alkanes) is 3. The Morgan fingerprint density at radius 3 is 2.48 bits per heavy atom. The molecule has 0 atom stereocenters. The smallest absolute Gasteiger partial charge is 0.134 e. The molecule has 0 saturated carbocycles. The van der Waals surface area contributed by atoms with E-state index in [1.54, 1.807) is 0 Å². The van der Waals surface area contributed by atoms with Gasteiger partial charge in [0.05, 0.1) is 6.26 Å². The summed E-state index contributed by atoms with van der Waals surface area (Å²) in [4.78, 5) is 0. The van der Waals surface area contributed by atoms with Gasteiger partial charge in [0.2, 0.25) is 0 Å². The minimum atomic E-state index is 0.762. The maximum absolute atomic E-state index is 6.02. The predicted molar refractivity (Wildman–Crippen MR) is 99.2 cm³/mol. The highest BCUT2D eigenvalue weighted by atomic mass is 35.5. The van der Waals surface area contributed by atoms with E-state index in [-0.39, 0.29) is 0 Å². The molecule has 1 heterocycles. The van der Waals surface area contributed by atoms with Crippen molar-refractivity contribution in [2.45, 2.75) is 46.0 Å².